The molecule has 1 aromatic carbocycles. The molecule has 0 spiro atoms. The Morgan fingerprint density at radius 1 is 1.08 bits per heavy atom. The number of rotatable bonds is 3. The third-order valence-electron chi connectivity index (χ3n) is 3.94. The minimum atomic E-state index is -4.78. The summed E-state index contributed by atoms with van der Waals surface area (Å²) in [6.45, 7) is -2.19. The molecule has 0 saturated carbocycles. The summed E-state index contributed by atoms with van der Waals surface area (Å²) in [6, 6.07) is 5.20. The van der Waals surface area contributed by atoms with Gasteiger partial charge in [-0.25, -0.2) is 4.57 Å². The number of aromatic nitrogens is 1. The summed E-state index contributed by atoms with van der Waals surface area (Å²) >= 11 is 0. The summed E-state index contributed by atoms with van der Waals surface area (Å²) in [7, 11) is 1.53. The molecule has 0 aliphatic rings. The maximum Gasteiger partial charge on any atom is 0.394 e. The monoisotopic (exact) mass is 344 g/mol. The van der Waals surface area contributed by atoms with Gasteiger partial charge in [-0.15, -0.1) is 0 Å². The lowest BCUT2D eigenvalue weighted by Crippen LogP contribution is -2.34. The van der Waals surface area contributed by atoms with Crippen molar-refractivity contribution in [3.63, 3.8) is 0 Å². The second kappa shape index (κ2) is 6.23. The summed E-state index contributed by atoms with van der Waals surface area (Å²) in [6.07, 6.45) is -6.30. The van der Waals surface area contributed by atoms with Crippen molar-refractivity contribution in [3.8, 4) is 11.3 Å². The molecule has 2 rings (SSSR count). The Kier molecular flexibility index (Phi) is 2.65. The van der Waals surface area contributed by atoms with Gasteiger partial charge in [0, 0.05) is 28.2 Å². The number of halogens is 3. The van der Waals surface area contributed by atoms with E-state index in [0.717, 1.165) is 13.8 Å². The highest BCUT2D eigenvalue weighted by molar-refractivity contribution is 5.62. The Morgan fingerprint density at radius 2 is 1.75 bits per heavy atom. The van der Waals surface area contributed by atoms with Crippen LogP contribution in [0.25, 0.3) is 11.3 Å². The van der Waals surface area contributed by atoms with Gasteiger partial charge in [-0.1, -0.05) is 26.0 Å². The normalized spacial score (nSPS) is 19.1. The van der Waals surface area contributed by atoms with Gasteiger partial charge in [0.25, 0.3) is 0 Å². The van der Waals surface area contributed by atoms with Crippen molar-refractivity contribution in [2.24, 2.45) is 12.5 Å². The Bertz CT molecular complexity index is 1020. The molecule has 0 radical (unpaired) electrons. The van der Waals surface area contributed by atoms with Gasteiger partial charge >= 0.3 is 6.18 Å². The van der Waals surface area contributed by atoms with Crippen molar-refractivity contribution in [1.82, 2.24) is 0 Å². The molecular formula is C20H25F3N+. The number of nitrogens with zero attached hydrogens (tertiary/aromatic N) is 1. The molecule has 0 fully saturated rings. The predicted molar refractivity (Wildman–Crippen MR) is 90.8 cm³/mol. The molecule has 0 amide bonds. The first kappa shape index (κ1) is 10.2. The van der Waals surface area contributed by atoms with Gasteiger partial charge in [0.2, 0.25) is 5.69 Å². The highest BCUT2D eigenvalue weighted by Gasteiger charge is 2.46. The first-order valence-electron chi connectivity index (χ1n) is 11.4. The number of benzene rings is 1. The van der Waals surface area contributed by atoms with Crippen LogP contribution in [0.3, 0.4) is 0 Å². The van der Waals surface area contributed by atoms with Crippen LogP contribution in [0.2, 0.25) is 0 Å². The molecule has 0 saturated heterocycles. The zero-order valence-corrected chi connectivity index (χ0v) is 14.0. The van der Waals surface area contributed by atoms with Crippen LogP contribution in [-0.2, 0) is 13.4 Å². The molecule has 0 aliphatic carbocycles. The van der Waals surface area contributed by atoms with E-state index in [1.807, 2.05) is 0 Å². The average Bonchev–Trinajstić information content (AvgIpc) is 2.58. The lowest BCUT2D eigenvalue weighted by atomic mass is 9.84. The van der Waals surface area contributed by atoms with Crippen LogP contribution in [0.4, 0.5) is 13.2 Å². The Hall–Kier alpha value is -1.84. The molecule has 0 aliphatic heterocycles. The summed E-state index contributed by atoms with van der Waals surface area (Å²) in [5.74, 6) is 0. The molecule has 0 atom stereocenters. The van der Waals surface area contributed by atoms with E-state index in [0.29, 0.717) is 16.8 Å². The summed E-state index contributed by atoms with van der Waals surface area (Å²) in [5, 5.41) is 0. The summed E-state index contributed by atoms with van der Waals surface area (Å²) < 4.78 is 104. The van der Waals surface area contributed by atoms with E-state index < -0.39 is 31.7 Å². The fourth-order valence-corrected chi connectivity index (χ4v) is 2.38. The van der Waals surface area contributed by atoms with Crippen molar-refractivity contribution in [1.29, 1.82) is 0 Å². The number of aryl methyl sites for hydroxylation is 4. The fourth-order valence-electron chi connectivity index (χ4n) is 2.38. The van der Waals surface area contributed by atoms with Crippen LogP contribution in [0.1, 0.15) is 47.1 Å². The number of alkyl halides is 3. The number of hydrogen-bond acceptors (Lipinski definition) is 0. The Morgan fingerprint density at radius 3 is 2.29 bits per heavy atom. The van der Waals surface area contributed by atoms with Crippen molar-refractivity contribution < 1.29 is 28.7 Å². The Labute approximate surface area is 153 Å². The molecule has 4 heteroatoms. The van der Waals surface area contributed by atoms with Crippen LogP contribution in [-0.4, -0.2) is 6.18 Å². The standard InChI is InChI=1S/C20H25F3N/c1-13-10-18(24(6)12-15(13)3)17-8-7-16(9-14(17)2)11-19(4,5)20(21,22)23/h7-10,12H,11H2,1-6H3/q+1/i1D3,3D3,11D2. The smallest absolute Gasteiger partial charge is 0.201 e. The second-order valence-electron chi connectivity index (χ2n) is 6.37. The van der Waals surface area contributed by atoms with Crippen molar-refractivity contribution >= 4 is 0 Å². The average molecular weight is 344 g/mol. The van der Waals surface area contributed by atoms with Crippen molar-refractivity contribution in [2.75, 3.05) is 0 Å². The zero-order valence-electron chi connectivity index (χ0n) is 22.0. The zero-order chi connectivity index (χ0) is 25.1. The van der Waals surface area contributed by atoms with Gasteiger partial charge < -0.3 is 0 Å². The molecular weight excluding hydrogens is 311 g/mol. The SMILES string of the molecule is [2H]C([2H])([2H])c1cc(-c2ccc(C([2H])([2H])C(C)(C)C(F)(F)F)cc2C)[n+](C)cc1C([2H])([2H])[2H]. The molecule has 1 heterocycles. The molecule has 0 unspecified atom stereocenters. The van der Waals surface area contributed by atoms with E-state index in [1.54, 1.807) is 6.92 Å². The molecule has 0 bridgehead atoms. The van der Waals surface area contributed by atoms with Crippen LogP contribution in [0, 0.1) is 26.0 Å². The van der Waals surface area contributed by atoms with Gasteiger partial charge in [0.1, 0.15) is 7.05 Å². The summed E-state index contributed by atoms with van der Waals surface area (Å²) in [4.78, 5) is 0. The van der Waals surface area contributed by atoms with Crippen molar-refractivity contribution in [2.45, 2.75) is 47.0 Å². The molecule has 130 valence electrons. The van der Waals surface area contributed by atoms with E-state index in [2.05, 4.69) is 0 Å². The van der Waals surface area contributed by atoms with E-state index in [-0.39, 0.29) is 16.7 Å². The molecule has 24 heavy (non-hydrogen) atoms. The molecule has 2 aromatic rings. The topological polar surface area (TPSA) is 3.88 Å². The van der Waals surface area contributed by atoms with Crippen LogP contribution in [0.5, 0.6) is 0 Å². The third kappa shape index (κ3) is 3.63. The fraction of sp³-hybridized carbons (Fsp3) is 0.450. The highest BCUT2D eigenvalue weighted by atomic mass is 19.4. The number of pyridine rings is 1. The predicted octanol–water partition coefficient (Wildman–Crippen LogP) is 5.23. The lowest BCUT2D eigenvalue weighted by molar-refractivity contribution is -0.660. The van der Waals surface area contributed by atoms with Gasteiger partial charge in [0.05, 0.1) is 5.41 Å². The second-order valence-corrected chi connectivity index (χ2v) is 6.37. The lowest BCUT2D eigenvalue weighted by Gasteiger charge is -2.28. The maximum atomic E-state index is 13.5. The Balaban J connectivity index is 2.70. The van der Waals surface area contributed by atoms with Gasteiger partial charge in [-0.05, 0) is 49.8 Å². The minimum absolute atomic E-state index is 0.168. The van der Waals surface area contributed by atoms with Crippen molar-refractivity contribution in [3.05, 3.63) is 52.7 Å². The van der Waals surface area contributed by atoms with Crippen LogP contribution in [0.15, 0.2) is 30.5 Å². The quantitative estimate of drug-likeness (QED) is 0.671. The number of hydrogen-bond donors (Lipinski definition) is 0. The third-order valence-corrected chi connectivity index (χ3v) is 3.94. The summed E-state index contributed by atoms with van der Waals surface area (Å²) in [5.41, 5.74) is -2.29. The van der Waals surface area contributed by atoms with Gasteiger partial charge in [-0.2, -0.15) is 13.2 Å². The van der Waals surface area contributed by atoms with Gasteiger partial charge in [0.15, 0.2) is 6.20 Å². The molecule has 0 N–H and O–H groups in total. The largest absolute Gasteiger partial charge is 0.394 e. The maximum absolute atomic E-state index is 13.5. The van der Waals surface area contributed by atoms with E-state index in [1.165, 1.54) is 42.1 Å². The first-order chi connectivity index (χ1) is 14.1. The van der Waals surface area contributed by atoms with E-state index >= 15 is 0 Å². The van der Waals surface area contributed by atoms with Crippen LogP contribution >= 0.6 is 0 Å². The van der Waals surface area contributed by atoms with E-state index in [9.17, 15) is 13.2 Å². The molecule has 1 aromatic heterocycles. The minimum Gasteiger partial charge on any atom is -0.201 e. The first-order valence-corrected chi connectivity index (χ1v) is 7.35. The highest BCUT2D eigenvalue weighted by Crippen LogP contribution is 2.40. The van der Waals surface area contributed by atoms with Gasteiger partial charge in [-0.3, -0.25) is 0 Å². The van der Waals surface area contributed by atoms with E-state index in [4.69, 9.17) is 11.0 Å². The van der Waals surface area contributed by atoms with Crippen LogP contribution < -0.4 is 4.57 Å². The molecule has 1 nitrogen and oxygen atoms in total.